The fraction of sp³-hybridized carbons (Fsp3) is 0.333. The number of nitrogens with one attached hydrogen (secondary N) is 1. The third kappa shape index (κ3) is 3.05. The lowest BCUT2D eigenvalue weighted by molar-refractivity contribution is 0.0697. The van der Waals surface area contributed by atoms with Gasteiger partial charge in [0.25, 0.3) is 0 Å². The van der Waals surface area contributed by atoms with Crippen molar-refractivity contribution in [1.29, 1.82) is 0 Å². The number of rotatable bonds is 6. The van der Waals surface area contributed by atoms with Crippen LogP contribution in [0, 0.1) is 0 Å². The Morgan fingerprint density at radius 1 is 1.40 bits per heavy atom. The summed E-state index contributed by atoms with van der Waals surface area (Å²) < 4.78 is 0. The predicted molar refractivity (Wildman–Crippen MR) is 80.4 cm³/mol. The van der Waals surface area contributed by atoms with E-state index in [0.29, 0.717) is 12.2 Å². The lowest BCUT2D eigenvalue weighted by Gasteiger charge is -2.16. The summed E-state index contributed by atoms with van der Waals surface area (Å²) in [7, 11) is 2.03. The third-order valence-electron chi connectivity index (χ3n) is 3.34. The number of aromatic carboxylic acids is 1. The van der Waals surface area contributed by atoms with Gasteiger partial charge in [0.1, 0.15) is 5.56 Å². The van der Waals surface area contributed by atoms with Crippen molar-refractivity contribution in [2.75, 3.05) is 32.0 Å². The quantitative estimate of drug-likeness (QED) is 0.845. The maximum Gasteiger partial charge on any atom is 0.339 e. The Balaban J connectivity index is 2.32. The van der Waals surface area contributed by atoms with Gasteiger partial charge in [-0.3, -0.25) is 4.98 Å². The number of carboxylic acids is 1. The first kappa shape index (κ1) is 14.3. The highest BCUT2D eigenvalue weighted by atomic mass is 16.4. The van der Waals surface area contributed by atoms with Gasteiger partial charge >= 0.3 is 5.97 Å². The number of aromatic nitrogens is 1. The number of hydrogen-bond acceptors (Lipinski definition) is 4. The lowest BCUT2D eigenvalue weighted by atomic mass is 10.1. The third-order valence-corrected chi connectivity index (χ3v) is 3.34. The van der Waals surface area contributed by atoms with E-state index in [-0.39, 0.29) is 5.56 Å². The fourth-order valence-corrected chi connectivity index (χ4v) is 2.02. The van der Waals surface area contributed by atoms with Crippen LogP contribution < -0.4 is 5.32 Å². The van der Waals surface area contributed by atoms with Crippen LogP contribution in [0.5, 0.6) is 0 Å². The van der Waals surface area contributed by atoms with E-state index in [2.05, 4.69) is 22.1 Å². The number of likely N-dealkylation sites (N-methyl/N-ethyl adjacent to an activating group) is 1. The Kier molecular flexibility index (Phi) is 4.53. The monoisotopic (exact) mass is 273 g/mol. The van der Waals surface area contributed by atoms with Gasteiger partial charge in [-0.15, -0.1) is 0 Å². The van der Waals surface area contributed by atoms with Crippen molar-refractivity contribution in [3.8, 4) is 0 Å². The van der Waals surface area contributed by atoms with Gasteiger partial charge in [-0.25, -0.2) is 4.79 Å². The Labute approximate surface area is 118 Å². The molecule has 0 radical (unpaired) electrons. The van der Waals surface area contributed by atoms with Gasteiger partial charge in [-0.05, 0) is 19.7 Å². The average Bonchev–Trinajstić information content (AvgIpc) is 2.46. The first-order valence-corrected chi connectivity index (χ1v) is 6.67. The molecule has 1 aromatic carbocycles. The summed E-state index contributed by atoms with van der Waals surface area (Å²) in [6.45, 7) is 4.60. The number of hydrogen-bond donors (Lipinski definition) is 2. The minimum Gasteiger partial charge on any atom is -0.478 e. The normalized spacial score (nSPS) is 10.9. The number of carbonyl (C=O) groups is 1. The van der Waals surface area contributed by atoms with Crippen LogP contribution in [-0.2, 0) is 0 Å². The average molecular weight is 273 g/mol. The molecule has 1 heterocycles. The molecular formula is C15H19N3O2. The van der Waals surface area contributed by atoms with Gasteiger partial charge in [0.05, 0.1) is 11.2 Å². The molecule has 106 valence electrons. The molecule has 5 heteroatoms. The number of pyridine rings is 1. The van der Waals surface area contributed by atoms with Crippen LogP contribution >= 0.6 is 0 Å². The number of anilines is 1. The highest BCUT2D eigenvalue weighted by Crippen LogP contribution is 2.25. The molecular weight excluding hydrogens is 254 g/mol. The molecule has 0 aliphatic rings. The van der Waals surface area contributed by atoms with Gasteiger partial charge in [0.15, 0.2) is 0 Å². The Hall–Kier alpha value is -2.14. The van der Waals surface area contributed by atoms with Crippen molar-refractivity contribution >= 4 is 22.6 Å². The van der Waals surface area contributed by atoms with Crippen LogP contribution in [0.4, 0.5) is 5.69 Å². The van der Waals surface area contributed by atoms with E-state index in [0.717, 1.165) is 24.0 Å². The molecule has 0 aliphatic heterocycles. The first-order valence-electron chi connectivity index (χ1n) is 6.67. The molecule has 0 unspecified atom stereocenters. The van der Waals surface area contributed by atoms with E-state index < -0.39 is 5.97 Å². The van der Waals surface area contributed by atoms with Crippen molar-refractivity contribution in [2.45, 2.75) is 6.92 Å². The molecule has 0 bridgehead atoms. The maximum atomic E-state index is 11.3. The number of para-hydroxylation sites is 1. The number of carboxylic acid groups (broad SMARTS) is 1. The summed E-state index contributed by atoms with van der Waals surface area (Å²) in [6, 6.07) is 7.55. The summed E-state index contributed by atoms with van der Waals surface area (Å²) in [5.74, 6) is -0.963. The van der Waals surface area contributed by atoms with E-state index in [1.165, 1.54) is 6.20 Å². The standard InChI is InChI=1S/C15H19N3O2/c1-3-18(2)9-8-16-14-11-6-4-5-7-13(11)17-10-12(14)15(19)20/h4-7,10H,3,8-9H2,1-2H3,(H,16,17)(H,19,20). The van der Waals surface area contributed by atoms with Crippen LogP contribution in [0.25, 0.3) is 10.9 Å². The highest BCUT2D eigenvalue weighted by molar-refractivity contribution is 6.04. The summed E-state index contributed by atoms with van der Waals surface area (Å²) >= 11 is 0. The smallest absolute Gasteiger partial charge is 0.339 e. The van der Waals surface area contributed by atoms with Crippen molar-refractivity contribution in [1.82, 2.24) is 9.88 Å². The van der Waals surface area contributed by atoms with Gasteiger partial charge in [0.2, 0.25) is 0 Å². The van der Waals surface area contributed by atoms with Gasteiger partial charge < -0.3 is 15.3 Å². The zero-order chi connectivity index (χ0) is 14.5. The van der Waals surface area contributed by atoms with Crippen molar-refractivity contribution in [3.05, 3.63) is 36.0 Å². The van der Waals surface area contributed by atoms with E-state index in [1.54, 1.807) is 0 Å². The largest absolute Gasteiger partial charge is 0.478 e. The molecule has 2 rings (SSSR count). The lowest BCUT2D eigenvalue weighted by Crippen LogP contribution is -2.25. The van der Waals surface area contributed by atoms with Crippen molar-refractivity contribution in [2.24, 2.45) is 0 Å². The zero-order valence-electron chi connectivity index (χ0n) is 11.8. The van der Waals surface area contributed by atoms with Gasteiger partial charge in [-0.2, -0.15) is 0 Å². The SMILES string of the molecule is CCN(C)CCNc1c(C(=O)O)cnc2ccccc12. The van der Waals surface area contributed by atoms with E-state index in [1.807, 2.05) is 31.3 Å². The van der Waals surface area contributed by atoms with Crippen LogP contribution in [-0.4, -0.2) is 47.6 Å². The summed E-state index contributed by atoms with van der Waals surface area (Å²) in [5, 5.41) is 13.4. The highest BCUT2D eigenvalue weighted by Gasteiger charge is 2.14. The number of fused-ring (bicyclic) bond motifs is 1. The summed E-state index contributed by atoms with van der Waals surface area (Å²) in [6.07, 6.45) is 1.41. The van der Waals surface area contributed by atoms with Crippen molar-refractivity contribution < 1.29 is 9.90 Å². The summed E-state index contributed by atoms with van der Waals surface area (Å²) in [4.78, 5) is 17.7. The molecule has 0 amide bonds. The van der Waals surface area contributed by atoms with E-state index in [4.69, 9.17) is 0 Å². The zero-order valence-corrected chi connectivity index (χ0v) is 11.8. The van der Waals surface area contributed by atoms with E-state index in [9.17, 15) is 9.90 Å². The molecule has 1 aromatic heterocycles. The number of benzene rings is 1. The van der Waals surface area contributed by atoms with Crippen LogP contribution in [0.15, 0.2) is 30.5 Å². The van der Waals surface area contributed by atoms with Gasteiger partial charge in [-0.1, -0.05) is 25.1 Å². The molecule has 0 spiro atoms. The second-order valence-corrected chi connectivity index (χ2v) is 4.69. The van der Waals surface area contributed by atoms with Crippen LogP contribution in [0.1, 0.15) is 17.3 Å². The predicted octanol–water partition coefficient (Wildman–Crippen LogP) is 2.30. The molecule has 5 nitrogen and oxygen atoms in total. The molecule has 0 aliphatic carbocycles. The Bertz CT molecular complexity index is 613. The number of nitrogens with zero attached hydrogens (tertiary/aromatic N) is 2. The summed E-state index contributed by atoms with van der Waals surface area (Å²) in [5.41, 5.74) is 1.65. The molecule has 2 N–H and O–H groups in total. The van der Waals surface area contributed by atoms with Crippen LogP contribution in [0.2, 0.25) is 0 Å². The Morgan fingerprint density at radius 3 is 2.85 bits per heavy atom. The molecule has 0 fully saturated rings. The fourth-order valence-electron chi connectivity index (χ4n) is 2.02. The second kappa shape index (κ2) is 6.34. The Morgan fingerprint density at radius 2 is 2.15 bits per heavy atom. The van der Waals surface area contributed by atoms with Crippen molar-refractivity contribution in [3.63, 3.8) is 0 Å². The minimum absolute atomic E-state index is 0.211. The maximum absolute atomic E-state index is 11.3. The molecule has 0 saturated heterocycles. The molecule has 2 aromatic rings. The second-order valence-electron chi connectivity index (χ2n) is 4.69. The molecule has 0 atom stereocenters. The molecule has 0 saturated carbocycles. The van der Waals surface area contributed by atoms with Gasteiger partial charge in [0, 0.05) is 24.7 Å². The minimum atomic E-state index is -0.963. The molecule has 20 heavy (non-hydrogen) atoms. The first-order chi connectivity index (χ1) is 9.63. The van der Waals surface area contributed by atoms with E-state index >= 15 is 0 Å². The topological polar surface area (TPSA) is 65.5 Å². The van der Waals surface area contributed by atoms with Crippen LogP contribution in [0.3, 0.4) is 0 Å².